The van der Waals surface area contributed by atoms with Gasteiger partial charge in [0.15, 0.2) is 12.3 Å². The molecule has 1 fully saturated rings. The number of fused-ring (bicyclic) bond motifs is 1. The zero-order valence-corrected chi connectivity index (χ0v) is 17.6. The number of likely N-dealkylation sites (tertiary alicyclic amines) is 1. The maximum atomic E-state index is 12.8. The fraction of sp³-hybridized carbons (Fsp3) is 0.364. The van der Waals surface area contributed by atoms with E-state index >= 15 is 0 Å². The largest absolute Gasteiger partial charge is 0.484 e. The SMILES string of the molecule is Cc1cccc(OCC(=O)NC2CCN(C(=O)c3cc4c(=O)[nH]c(C)cn4n3)CC2)c1. The van der Waals surface area contributed by atoms with Crippen LogP contribution in [0.3, 0.4) is 0 Å². The molecule has 0 unspecified atom stereocenters. The molecular formula is C22H25N5O4. The van der Waals surface area contributed by atoms with E-state index in [0.29, 0.717) is 42.9 Å². The number of nitrogens with one attached hydrogen (secondary N) is 2. The van der Waals surface area contributed by atoms with Crippen molar-refractivity contribution in [2.45, 2.75) is 32.7 Å². The third-order valence-electron chi connectivity index (χ3n) is 5.32. The van der Waals surface area contributed by atoms with Crippen LogP contribution in [0.15, 0.2) is 41.3 Å². The van der Waals surface area contributed by atoms with Gasteiger partial charge < -0.3 is 19.9 Å². The minimum atomic E-state index is -0.277. The molecule has 1 aliphatic rings. The molecule has 0 atom stereocenters. The first-order valence-electron chi connectivity index (χ1n) is 10.3. The predicted molar refractivity (Wildman–Crippen MR) is 114 cm³/mol. The maximum absolute atomic E-state index is 12.8. The lowest BCUT2D eigenvalue weighted by atomic mass is 10.0. The van der Waals surface area contributed by atoms with Crippen molar-refractivity contribution in [3.05, 3.63) is 63.8 Å². The van der Waals surface area contributed by atoms with Gasteiger partial charge in [-0.15, -0.1) is 0 Å². The topological polar surface area (TPSA) is 109 Å². The number of benzene rings is 1. The molecule has 0 bridgehead atoms. The Morgan fingerprint density at radius 3 is 2.74 bits per heavy atom. The minimum absolute atomic E-state index is 0.00998. The van der Waals surface area contributed by atoms with E-state index in [2.05, 4.69) is 15.4 Å². The molecule has 2 aromatic heterocycles. The quantitative estimate of drug-likeness (QED) is 0.646. The first-order valence-corrected chi connectivity index (χ1v) is 10.3. The highest BCUT2D eigenvalue weighted by Crippen LogP contribution is 2.15. The number of rotatable bonds is 5. The van der Waals surface area contributed by atoms with Crippen LogP contribution < -0.4 is 15.6 Å². The van der Waals surface area contributed by atoms with Crippen molar-refractivity contribution in [1.29, 1.82) is 0 Å². The first-order chi connectivity index (χ1) is 14.9. The van der Waals surface area contributed by atoms with Crippen molar-refractivity contribution in [3.8, 4) is 5.75 Å². The van der Waals surface area contributed by atoms with Gasteiger partial charge in [0.1, 0.15) is 11.3 Å². The van der Waals surface area contributed by atoms with Gasteiger partial charge >= 0.3 is 0 Å². The summed E-state index contributed by atoms with van der Waals surface area (Å²) in [6.45, 7) is 4.69. The van der Waals surface area contributed by atoms with E-state index in [1.807, 2.05) is 31.2 Å². The van der Waals surface area contributed by atoms with Crippen LogP contribution in [0.1, 0.15) is 34.6 Å². The number of aryl methyl sites for hydroxylation is 2. The second kappa shape index (κ2) is 8.63. The molecule has 3 heterocycles. The summed E-state index contributed by atoms with van der Waals surface area (Å²) in [5.41, 5.74) is 2.04. The van der Waals surface area contributed by atoms with Crippen LogP contribution in [-0.4, -0.2) is 57.1 Å². The zero-order chi connectivity index (χ0) is 22.0. The number of aromatic nitrogens is 3. The van der Waals surface area contributed by atoms with Crippen molar-refractivity contribution in [2.24, 2.45) is 0 Å². The molecule has 1 saturated heterocycles. The number of carbonyl (C=O) groups excluding carboxylic acids is 2. The minimum Gasteiger partial charge on any atom is -0.484 e. The van der Waals surface area contributed by atoms with Crippen molar-refractivity contribution in [2.75, 3.05) is 19.7 Å². The van der Waals surface area contributed by atoms with Gasteiger partial charge in [-0.05, 0) is 44.4 Å². The number of carbonyl (C=O) groups is 2. The fourth-order valence-corrected chi connectivity index (χ4v) is 3.74. The van der Waals surface area contributed by atoms with Gasteiger partial charge in [0.05, 0.1) is 0 Å². The lowest BCUT2D eigenvalue weighted by molar-refractivity contribution is -0.124. The molecule has 0 aliphatic carbocycles. The van der Waals surface area contributed by atoms with Gasteiger partial charge in [-0.3, -0.25) is 14.4 Å². The number of aromatic amines is 1. The molecule has 1 aliphatic heterocycles. The van der Waals surface area contributed by atoms with Crippen LogP contribution in [0.2, 0.25) is 0 Å². The van der Waals surface area contributed by atoms with Gasteiger partial charge in [0.2, 0.25) is 0 Å². The van der Waals surface area contributed by atoms with Gasteiger partial charge in [0, 0.05) is 37.1 Å². The molecule has 9 nitrogen and oxygen atoms in total. The van der Waals surface area contributed by atoms with Gasteiger partial charge in [0.25, 0.3) is 17.4 Å². The van der Waals surface area contributed by atoms with Crippen LogP contribution >= 0.6 is 0 Å². The van der Waals surface area contributed by atoms with Crippen molar-refractivity contribution >= 4 is 17.3 Å². The van der Waals surface area contributed by atoms with Crippen LogP contribution in [0, 0.1) is 13.8 Å². The summed E-state index contributed by atoms with van der Waals surface area (Å²) in [5, 5.41) is 7.23. The number of hydrogen-bond acceptors (Lipinski definition) is 5. The Morgan fingerprint density at radius 1 is 1.23 bits per heavy atom. The highest BCUT2D eigenvalue weighted by Gasteiger charge is 2.26. The van der Waals surface area contributed by atoms with E-state index in [0.717, 1.165) is 5.56 Å². The zero-order valence-electron chi connectivity index (χ0n) is 17.6. The standard InChI is InChI=1S/C22H25N5O4/c1-14-4-3-5-17(10-14)31-13-20(28)24-16-6-8-26(9-7-16)22(30)18-11-19-21(29)23-15(2)12-27(19)25-18/h3-5,10-12,16H,6-9,13H2,1-2H3,(H,23,29)(H,24,28). The highest BCUT2D eigenvalue weighted by atomic mass is 16.5. The van der Waals surface area contributed by atoms with E-state index in [9.17, 15) is 14.4 Å². The molecular weight excluding hydrogens is 398 g/mol. The van der Waals surface area contributed by atoms with Crippen molar-refractivity contribution < 1.29 is 14.3 Å². The molecule has 3 aromatic rings. The molecule has 2 N–H and O–H groups in total. The molecule has 31 heavy (non-hydrogen) atoms. The van der Waals surface area contributed by atoms with Crippen LogP contribution in [0.4, 0.5) is 0 Å². The Bertz CT molecular complexity index is 1170. The van der Waals surface area contributed by atoms with Crippen LogP contribution in [0.25, 0.3) is 5.52 Å². The van der Waals surface area contributed by atoms with Gasteiger partial charge in [-0.2, -0.15) is 5.10 Å². The summed E-state index contributed by atoms with van der Waals surface area (Å²) >= 11 is 0. The predicted octanol–water partition coefficient (Wildman–Crippen LogP) is 1.44. The highest BCUT2D eigenvalue weighted by molar-refractivity contribution is 5.93. The summed E-state index contributed by atoms with van der Waals surface area (Å²) in [4.78, 5) is 41.4. The Morgan fingerprint density at radius 2 is 2.00 bits per heavy atom. The monoisotopic (exact) mass is 423 g/mol. The second-order valence-corrected chi connectivity index (χ2v) is 7.86. The van der Waals surface area contributed by atoms with Crippen molar-refractivity contribution in [3.63, 3.8) is 0 Å². The third kappa shape index (κ3) is 4.76. The Balaban J connectivity index is 1.29. The second-order valence-electron chi connectivity index (χ2n) is 7.86. The Labute approximate surface area is 179 Å². The summed E-state index contributed by atoms with van der Waals surface area (Å²) in [7, 11) is 0. The summed E-state index contributed by atoms with van der Waals surface area (Å²) < 4.78 is 6.97. The summed E-state index contributed by atoms with van der Waals surface area (Å²) in [5.74, 6) is 0.270. The van der Waals surface area contributed by atoms with Crippen molar-refractivity contribution in [1.82, 2.24) is 24.8 Å². The fourth-order valence-electron chi connectivity index (χ4n) is 3.74. The number of ether oxygens (including phenoxy) is 1. The molecule has 4 rings (SSSR count). The summed E-state index contributed by atoms with van der Waals surface area (Å²) in [6, 6.07) is 9.05. The van der Waals surface area contributed by atoms with Crippen LogP contribution in [0.5, 0.6) is 5.75 Å². The maximum Gasteiger partial charge on any atom is 0.274 e. The van der Waals surface area contributed by atoms with Gasteiger partial charge in [-0.25, -0.2) is 4.52 Å². The third-order valence-corrected chi connectivity index (χ3v) is 5.32. The summed E-state index contributed by atoms with van der Waals surface area (Å²) in [6.07, 6.45) is 2.97. The molecule has 0 saturated carbocycles. The van der Waals surface area contributed by atoms with E-state index < -0.39 is 0 Å². The van der Waals surface area contributed by atoms with E-state index in [1.165, 1.54) is 10.6 Å². The Kier molecular flexibility index (Phi) is 5.75. The molecule has 162 valence electrons. The van der Waals surface area contributed by atoms with Crippen LogP contribution in [-0.2, 0) is 4.79 Å². The van der Waals surface area contributed by atoms with E-state index in [-0.39, 0.29) is 35.7 Å². The van der Waals surface area contributed by atoms with Gasteiger partial charge in [-0.1, -0.05) is 12.1 Å². The van der Waals surface area contributed by atoms with E-state index in [4.69, 9.17) is 4.74 Å². The molecule has 0 radical (unpaired) electrons. The number of amides is 2. The molecule has 0 spiro atoms. The first kappa shape index (κ1) is 20.6. The number of H-pyrrole nitrogens is 1. The molecule has 2 amide bonds. The molecule has 1 aromatic carbocycles. The number of piperidine rings is 1. The normalized spacial score (nSPS) is 14.6. The lowest BCUT2D eigenvalue weighted by Gasteiger charge is -2.32. The Hall–Kier alpha value is -3.62. The van der Waals surface area contributed by atoms with E-state index in [1.54, 1.807) is 18.0 Å². The smallest absolute Gasteiger partial charge is 0.274 e. The number of nitrogens with zero attached hydrogens (tertiary/aromatic N) is 3. The lowest BCUT2D eigenvalue weighted by Crippen LogP contribution is -2.47. The molecule has 9 heteroatoms. The average Bonchev–Trinajstić information content (AvgIpc) is 3.17. The average molecular weight is 423 g/mol. The number of hydrogen-bond donors (Lipinski definition) is 2.